The molecular weight excluding hydrogens is 499 g/mol. The fraction of sp³-hybridized carbons (Fsp3) is 0.346. The number of rotatable bonds is 5. The summed E-state index contributed by atoms with van der Waals surface area (Å²) in [5.41, 5.74) is 2.90. The molecule has 0 bridgehead atoms. The number of benzene rings is 2. The fourth-order valence-electron chi connectivity index (χ4n) is 4.86. The van der Waals surface area contributed by atoms with Crippen molar-refractivity contribution in [3.63, 3.8) is 0 Å². The van der Waals surface area contributed by atoms with Crippen LogP contribution in [-0.4, -0.2) is 61.7 Å². The number of anilines is 4. The number of carbonyl (C=O) groups excluding carboxylic acids is 1. The van der Waals surface area contributed by atoms with E-state index < -0.39 is 0 Å². The molecule has 188 valence electrons. The molecule has 10 heteroatoms. The van der Waals surface area contributed by atoms with E-state index in [1.165, 1.54) is 16.7 Å². The summed E-state index contributed by atoms with van der Waals surface area (Å²) in [6.45, 7) is 2.43. The summed E-state index contributed by atoms with van der Waals surface area (Å²) in [5, 5.41) is 4.07. The van der Waals surface area contributed by atoms with E-state index in [-0.39, 0.29) is 12.6 Å². The minimum absolute atomic E-state index is 0.255. The van der Waals surface area contributed by atoms with Gasteiger partial charge in [-0.15, -0.1) is 0 Å². The van der Waals surface area contributed by atoms with Crippen molar-refractivity contribution < 1.29 is 9.53 Å². The maximum atomic E-state index is 13.3. The Morgan fingerprint density at radius 1 is 1.08 bits per heavy atom. The van der Waals surface area contributed by atoms with Crippen LogP contribution in [0.5, 0.6) is 5.75 Å². The predicted molar refractivity (Wildman–Crippen MR) is 144 cm³/mol. The van der Waals surface area contributed by atoms with Gasteiger partial charge in [-0.25, -0.2) is 4.98 Å². The van der Waals surface area contributed by atoms with E-state index in [0.717, 1.165) is 37.4 Å². The molecule has 5 rings (SSSR count). The zero-order valence-electron chi connectivity index (χ0n) is 20.5. The van der Waals surface area contributed by atoms with E-state index in [0.29, 0.717) is 39.0 Å². The molecule has 3 aromatic rings. The van der Waals surface area contributed by atoms with Crippen LogP contribution >= 0.6 is 23.2 Å². The standard InChI is InChI=1S/C26H28Cl2N6O2/c1-32-11-9-16(10-12-32)18-8-7-17(13-22(18)36-3)30-26-29-14-19-24(31-26)33(2)15-34(25(19)35)23-20(27)5-4-6-21(23)28/h4-8,13-14,16H,9-12,15H2,1-3H3,(H,29,30,31). The molecule has 0 aliphatic carbocycles. The molecule has 1 fully saturated rings. The molecule has 2 aliphatic rings. The van der Waals surface area contributed by atoms with Crippen LogP contribution in [0, 0.1) is 0 Å². The second-order valence-corrected chi connectivity index (χ2v) is 10.0. The van der Waals surface area contributed by atoms with E-state index in [9.17, 15) is 4.79 Å². The Kier molecular flexibility index (Phi) is 6.92. The normalized spacial score (nSPS) is 16.8. The molecule has 0 atom stereocenters. The van der Waals surface area contributed by atoms with Crippen molar-refractivity contribution in [2.45, 2.75) is 18.8 Å². The lowest BCUT2D eigenvalue weighted by Gasteiger charge is -2.35. The van der Waals surface area contributed by atoms with Crippen molar-refractivity contribution >= 4 is 52.3 Å². The zero-order chi connectivity index (χ0) is 25.4. The number of hydrogen-bond acceptors (Lipinski definition) is 7. The quantitative estimate of drug-likeness (QED) is 0.477. The SMILES string of the molecule is COc1cc(Nc2ncc3c(n2)N(C)CN(c2c(Cl)cccc2Cl)C3=O)ccc1C1CCN(C)CC1. The van der Waals surface area contributed by atoms with Gasteiger partial charge < -0.3 is 19.9 Å². The fourth-order valence-corrected chi connectivity index (χ4v) is 5.46. The Hall–Kier alpha value is -3.07. The summed E-state index contributed by atoms with van der Waals surface area (Å²) in [6.07, 6.45) is 3.76. The zero-order valence-corrected chi connectivity index (χ0v) is 22.0. The van der Waals surface area contributed by atoms with Crippen LogP contribution in [0.1, 0.15) is 34.7 Å². The molecule has 1 amide bonds. The lowest BCUT2D eigenvalue weighted by molar-refractivity contribution is 0.0982. The molecule has 36 heavy (non-hydrogen) atoms. The van der Waals surface area contributed by atoms with E-state index in [4.69, 9.17) is 27.9 Å². The molecule has 1 aromatic heterocycles. The van der Waals surface area contributed by atoms with Gasteiger partial charge in [0, 0.05) is 25.0 Å². The Labute approximate surface area is 220 Å². The minimum Gasteiger partial charge on any atom is -0.496 e. The van der Waals surface area contributed by atoms with Gasteiger partial charge in [-0.2, -0.15) is 4.98 Å². The molecule has 8 nitrogen and oxygen atoms in total. The first-order valence-corrected chi connectivity index (χ1v) is 12.6. The first-order chi connectivity index (χ1) is 17.4. The highest BCUT2D eigenvalue weighted by atomic mass is 35.5. The summed E-state index contributed by atoms with van der Waals surface area (Å²) in [7, 11) is 5.72. The Morgan fingerprint density at radius 2 is 1.81 bits per heavy atom. The smallest absolute Gasteiger partial charge is 0.265 e. The van der Waals surface area contributed by atoms with Crippen LogP contribution in [0.3, 0.4) is 0 Å². The van der Waals surface area contributed by atoms with Gasteiger partial charge in [-0.1, -0.05) is 35.3 Å². The van der Waals surface area contributed by atoms with Crippen molar-refractivity contribution in [1.82, 2.24) is 14.9 Å². The highest BCUT2D eigenvalue weighted by Crippen LogP contribution is 2.38. The molecular formula is C26H28Cl2N6O2. The number of aromatic nitrogens is 2. The van der Waals surface area contributed by atoms with Crippen LogP contribution in [0.25, 0.3) is 0 Å². The highest BCUT2D eigenvalue weighted by molar-refractivity contribution is 6.40. The Bertz CT molecular complexity index is 1280. The van der Waals surface area contributed by atoms with Gasteiger partial charge in [0.2, 0.25) is 5.95 Å². The van der Waals surface area contributed by atoms with Crippen LogP contribution in [0.4, 0.5) is 23.1 Å². The summed E-state index contributed by atoms with van der Waals surface area (Å²) in [4.78, 5) is 28.1. The van der Waals surface area contributed by atoms with Crippen molar-refractivity contribution in [2.75, 3.05) is 56.1 Å². The van der Waals surface area contributed by atoms with Crippen molar-refractivity contribution in [1.29, 1.82) is 0 Å². The molecule has 2 aromatic carbocycles. The van der Waals surface area contributed by atoms with Crippen LogP contribution in [0.15, 0.2) is 42.6 Å². The highest BCUT2D eigenvalue weighted by Gasteiger charge is 2.32. The van der Waals surface area contributed by atoms with E-state index >= 15 is 0 Å². The van der Waals surface area contributed by atoms with Gasteiger partial charge in [0.15, 0.2) is 0 Å². The number of methoxy groups -OCH3 is 1. The predicted octanol–water partition coefficient (Wildman–Crippen LogP) is 5.40. The number of nitrogens with zero attached hydrogens (tertiary/aromatic N) is 5. The summed E-state index contributed by atoms with van der Waals surface area (Å²) in [5.74, 6) is 2.01. The number of piperidine rings is 1. The van der Waals surface area contributed by atoms with Crippen molar-refractivity contribution in [2.24, 2.45) is 0 Å². The summed E-state index contributed by atoms with van der Waals surface area (Å²) < 4.78 is 5.72. The second-order valence-electron chi connectivity index (χ2n) is 9.23. The molecule has 0 saturated carbocycles. The summed E-state index contributed by atoms with van der Waals surface area (Å²) >= 11 is 12.7. The minimum atomic E-state index is -0.256. The van der Waals surface area contributed by atoms with Crippen molar-refractivity contribution in [3.05, 3.63) is 63.8 Å². The Morgan fingerprint density at radius 3 is 2.50 bits per heavy atom. The number of likely N-dealkylation sites (tertiary alicyclic amines) is 1. The maximum Gasteiger partial charge on any atom is 0.265 e. The third kappa shape index (κ3) is 4.68. The van der Waals surface area contributed by atoms with Gasteiger partial charge >= 0.3 is 0 Å². The number of halogens is 2. The van der Waals surface area contributed by atoms with Crippen molar-refractivity contribution in [3.8, 4) is 5.75 Å². The average molecular weight is 527 g/mol. The third-order valence-corrected chi connectivity index (χ3v) is 7.42. The molecule has 2 aliphatic heterocycles. The van der Waals surface area contributed by atoms with Gasteiger partial charge in [0.05, 0.1) is 29.5 Å². The number of fused-ring (bicyclic) bond motifs is 1. The lowest BCUT2D eigenvalue weighted by atomic mass is 9.89. The Balaban J connectivity index is 1.38. The topological polar surface area (TPSA) is 73.8 Å². The average Bonchev–Trinajstić information content (AvgIpc) is 2.87. The molecule has 1 saturated heterocycles. The largest absolute Gasteiger partial charge is 0.496 e. The maximum absolute atomic E-state index is 13.3. The van der Waals surface area contributed by atoms with Gasteiger partial charge in [0.25, 0.3) is 5.91 Å². The third-order valence-electron chi connectivity index (χ3n) is 6.81. The number of nitrogens with one attached hydrogen (secondary N) is 1. The van der Waals surface area contributed by atoms with Gasteiger partial charge in [-0.05, 0) is 62.7 Å². The number of carbonyl (C=O) groups is 1. The molecule has 0 unspecified atom stereocenters. The second kappa shape index (κ2) is 10.1. The first kappa shape index (κ1) is 24.6. The number of hydrogen-bond donors (Lipinski definition) is 1. The van der Waals surface area contributed by atoms with Crippen LogP contribution in [-0.2, 0) is 0 Å². The van der Waals surface area contributed by atoms with Crippen LogP contribution in [0.2, 0.25) is 10.0 Å². The van der Waals surface area contributed by atoms with Crippen LogP contribution < -0.4 is 19.9 Å². The molecule has 3 heterocycles. The van der Waals surface area contributed by atoms with Gasteiger partial charge in [0.1, 0.15) is 17.1 Å². The molecule has 0 spiro atoms. The van der Waals surface area contributed by atoms with E-state index in [2.05, 4.69) is 33.3 Å². The van der Waals surface area contributed by atoms with E-state index in [1.54, 1.807) is 25.3 Å². The number of amides is 1. The molecule has 1 N–H and O–H groups in total. The molecule has 0 radical (unpaired) electrons. The first-order valence-electron chi connectivity index (χ1n) is 11.8. The monoisotopic (exact) mass is 526 g/mol. The number of para-hydroxylation sites is 1. The van der Waals surface area contributed by atoms with E-state index in [1.807, 2.05) is 24.1 Å². The lowest BCUT2D eigenvalue weighted by Crippen LogP contribution is -2.46. The van der Waals surface area contributed by atoms with Gasteiger partial charge in [-0.3, -0.25) is 9.69 Å². The summed E-state index contributed by atoms with van der Waals surface area (Å²) in [6, 6.07) is 11.3. The number of ether oxygens (including phenoxy) is 1.